The van der Waals surface area contributed by atoms with Gasteiger partial charge in [-0.15, -0.1) is 0 Å². The maximum absolute atomic E-state index is 11.3. The summed E-state index contributed by atoms with van der Waals surface area (Å²) >= 11 is 1.73. The number of carbonyl (C=O) groups is 1. The van der Waals surface area contributed by atoms with Crippen molar-refractivity contribution in [2.24, 2.45) is 22.1 Å². The van der Waals surface area contributed by atoms with Crippen LogP contribution in [0.25, 0.3) is 0 Å². The normalized spacial score (nSPS) is 21.9. The lowest BCUT2D eigenvalue weighted by molar-refractivity contribution is -0.120. The molecule has 1 aliphatic rings. The van der Waals surface area contributed by atoms with Crippen LogP contribution in [0.4, 0.5) is 0 Å². The highest BCUT2D eigenvalue weighted by atomic mass is 32.2. The summed E-state index contributed by atoms with van der Waals surface area (Å²) in [4.78, 5) is 15.8. The van der Waals surface area contributed by atoms with E-state index in [4.69, 9.17) is 5.73 Å². The molecule has 0 aromatic carbocycles. The molecule has 104 valence electrons. The standard InChI is InChI=1S/C13H25N3OS/c1-8(2)10(11(14)17)16-12-15-7-9(18-12)6-13(3,4)5/h8-10H,6-7H2,1-5H3,(H2,14,17)(H,15,16). The molecule has 0 aromatic heterocycles. The van der Waals surface area contributed by atoms with Gasteiger partial charge in [-0.25, -0.2) is 0 Å². The Morgan fingerprint density at radius 1 is 1.56 bits per heavy atom. The van der Waals surface area contributed by atoms with Gasteiger partial charge in [-0.2, -0.15) is 0 Å². The highest BCUT2D eigenvalue weighted by molar-refractivity contribution is 8.14. The van der Waals surface area contributed by atoms with Crippen LogP contribution in [0.15, 0.2) is 4.99 Å². The number of nitrogens with zero attached hydrogens (tertiary/aromatic N) is 1. The van der Waals surface area contributed by atoms with Gasteiger partial charge in [0.15, 0.2) is 5.17 Å². The second-order valence-electron chi connectivity index (χ2n) is 6.42. The third kappa shape index (κ3) is 4.88. The molecular weight excluding hydrogens is 246 g/mol. The first-order valence-electron chi connectivity index (χ1n) is 6.46. The smallest absolute Gasteiger partial charge is 0.240 e. The van der Waals surface area contributed by atoms with E-state index in [1.165, 1.54) is 0 Å². The fraction of sp³-hybridized carbons (Fsp3) is 0.846. The number of primary amides is 1. The van der Waals surface area contributed by atoms with Crippen LogP contribution in [0, 0.1) is 11.3 Å². The topological polar surface area (TPSA) is 67.5 Å². The van der Waals surface area contributed by atoms with Crippen LogP contribution < -0.4 is 11.1 Å². The molecule has 3 N–H and O–H groups in total. The Kier molecular flexibility index (Phi) is 5.08. The summed E-state index contributed by atoms with van der Waals surface area (Å²) in [6, 6.07) is -0.329. The van der Waals surface area contributed by atoms with E-state index in [1.54, 1.807) is 11.8 Å². The highest BCUT2D eigenvalue weighted by Gasteiger charge is 2.28. The average molecular weight is 271 g/mol. The monoisotopic (exact) mass is 271 g/mol. The van der Waals surface area contributed by atoms with Crippen LogP contribution in [0.3, 0.4) is 0 Å². The maximum atomic E-state index is 11.3. The van der Waals surface area contributed by atoms with Crippen molar-refractivity contribution in [3.05, 3.63) is 0 Å². The van der Waals surface area contributed by atoms with Crippen LogP contribution >= 0.6 is 11.8 Å². The fourth-order valence-corrected chi connectivity index (χ4v) is 3.38. The van der Waals surface area contributed by atoms with Gasteiger partial charge in [0, 0.05) is 5.25 Å². The minimum Gasteiger partial charge on any atom is -0.368 e. The summed E-state index contributed by atoms with van der Waals surface area (Å²) < 4.78 is 0. The van der Waals surface area contributed by atoms with Gasteiger partial charge in [0.25, 0.3) is 0 Å². The van der Waals surface area contributed by atoms with Crippen molar-refractivity contribution in [1.29, 1.82) is 0 Å². The molecule has 0 saturated heterocycles. The number of amides is 1. The highest BCUT2D eigenvalue weighted by Crippen LogP contribution is 2.31. The Balaban J connectivity index is 2.49. The molecular formula is C13H25N3OS. The molecule has 18 heavy (non-hydrogen) atoms. The Labute approximate surface area is 114 Å². The molecule has 2 unspecified atom stereocenters. The summed E-state index contributed by atoms with van der Waals surface area (Å²) in [7, 11) is 0. The van der Waals surface area contributed by atoms with Gasteiger partial charge in [0.2, 0.25) is 5.91 Å². The number of amidine groups is 1. The van der Waals surface area contributed by atoms with E-state index in [1.807, 2.05) is 13.8 Å². The van der Waals surface area contributed by atoms with Crippen molar-refractivity contribution >= 4 is 22.8 Å². The first-order valence-corrected chi connectivity index (χ1v) is 7.34. The summed E-state index contributed by atoms with van der Waals surface area (Å²) in [5, 5.41) is 4.54. The zero-order valence-corrected chi connectivity index (χ0v) is 12.8. The molecule has 1 amide bonds. The summed E-state index contributed by atoms with van der Waals surface area (Å²) in [5.74, 6) is -0.139. The molecule has 0 aromatic rings. The van der Waals surface area contributed by atoms with Gasteiger partial charge in [0.1, 0.15) is 6.04 Å². The van der Waals surface area contributed by atoms with E-state index in [2.05, 4.69) is 31.1 Å². The third-order valence-electron chi connectivity index (χ3n) is 2.81. The fourth-order valence-electron chi connectivity index (χ4n) is 1.99. The van der Waals surface area contributed by atoms with Gasteiger partial charge >= 0.3 is 0 Å². The number of nitrogens with one attached hydrogen (secondary N) is 1. The molecule has 1 rings (SSSR count). The Morgan fingerprint density at radius 2 is 2.17 bits per heavy atom. The minimum atomic E-state index is -0.329. The number of hydrogen-bond donors (Lipinski definition) is 2. The molecule has 0 fully saturated rings. The number of rotatable bonds is 4. The second kappa shape index (κ2) is 5.95. The van der Waals surface area contributed by atoms with Crippen LogP contribution in [0.5, 0.6) is 0 Å². The van der Waals surface area contributed by atoms with E-state index in [-0.39, 0.29) is 17.9 Å². The molecule has 0 bridgehead atoms. The van der Waals surface area contributed by atoms with E-state index in [9.17, 15) is 4.79 Å². The van der Waals surface area contributed by atoms with Crippen LogP contribution in [-0.4, -0.2) is 28.9 Å². The molecule has 1 aliphatic heterocycles. The molecule has 4 nitrogen and oxygen atoms in total. The maximum Gasteiger partial charge on any atom is 0.240 e. The van der Waals surface area contributed by atoms with E-state index in [0.717, 1.165) is 18.1 Å². The second-order valence-corrected chi connectivity index (χ2v) is 7.71. The van der Waals surface area contributed by atoms with Gasteiger partial charge in [-0.3, -0.25) is 9.79 Å². The summed E-state index contributed by atoms with van der Waals surface area (Å²) in [6.07, 6.45) is 1.12. The third-order valence-corrected chi connectivity index (χ3v) is 3.93. The van der Waals surface area contributed by atoms with Crippen LogP contribution in [0.2, 0.25) is 0 Å². The number of thioether (sulfide) groups is 1. The zero-order valence-electron chi connectivity index (χ0n) is 12.0. The van der Waals surface area contributed by atoms with Crippen LogP contribution in [-0.2, 0) is 4.79 Å². The Bertz CT molecular complexity index is 334. The van der Waals surface area contributed by atoms with Gasteiger partial charge in [-0.1, -0.05) is 46.4 Å². The van der Waals surface area contributed by atoms with Crippen molar-refractivity contribution in [2.75, 3.05) is 6.54 Å². The Morgan fingerprint density at radius 3 is 2.61 bits per heavy atom. The van der Waals surface area contributed by atoms with E-state index in [0.29, 0.717) is 10.7 Å². The van der Waals surface area contributed by atoms with Crippen molar-refractivity contribution in [3.8, 4) is 0 Å². The van der Waals surface area contributed by atoms with Crippen molar-refractivity contribution in [2.45, 2.75) is 52.3 Å². The molecule has 0 saturated carbocycles. The lowest BCUT2D eigenvalue weighted by atomic mass is 9.90. The number of carbonyl (C=O) groups excluding carboxylic acids is 1. The number of hydrogen-bond acceptors (Lipinski definition) is 4. The average Bonchev–Trinajstić information content (AvgIpc) is 2.58. The summed E-state index contributed by atoms with van der Waals surface area (Å²) in [5.41, 5.74) is 5.70. The molecule has 0 radical (unpaired) electrons. The molecule has 0 aliphatic carbocycles. The lowest BCUT2D eigenvalue weighted by Crippen LogP contribution is -2.46. The van der Waals surface area contributed by atoms with E-state index < -0.39 is 0 Å². The lowest BCUT2D eigenvalue weighted by Gasteiger charge is -2.23. The molecule has 1 heterocycles. The van der Waals surface area contributed by atoms with Crippen molar-refractivity contribution in [3.63, 3.8) is 0 Å². The quantitative estimate of drug-likeness (QED) is 0.821. The minimum absolute atomic E-state index is 0.174. The van der Waals surface area contributed by atoms with Gasteiger partial charge in [0.05, 0.1) is 6.54 Å². The predicted octanol–water partition coefficient (Wildman–Crippen LogP) is 1.99. The molecule has 2 atom stereocenters. The SMILES string of the molecule is CC(C)C(NC1=NCC(CC(C)(C)C)S1)C(N)=O. The van der Waals surface area contributed by atoms with Gasteiger partial charge < -0.3 is 11.1 Å². The van der Waals surface area contributed by atoms with Crippen molar-refractivity contribution < 1.29 is 4.79 Å². The molecule has 0 spiro atoms. The first-order chi connectivity index (χ1) is 8.19. The van der Waals surface area contributed by atoms with Gasteiger partial charge in [-0.05, 0) is 17.8 Å². The Hall–Kier alpha value is -0.710. The van der Waals surface area contributed by atoms with Crippen LogP contribution in [0.1, 0.15) is 41.0 Å². The first kappa shape index (κ1) is 15.3. The number of nitrogens with two attached hydrogens (primary N) is 1. The van der Waals surface area contributed by atoms with E-state index >= 15 is 0 Å². The zero-order chi connectivity index (χ0) is 13.9. The number of aliphatic imine (C=N–C) groups is 1. The summed E-state index contributed by atoms with van der Waals surface area (Å²) in [6.45, 7) is 11.5. The largest absolute Gasteiger partial charge is 0.368 e. The molecule has 5 heteroatoms. The predicted molar refractivity (Wildman–Crippen MR) is 78.7 cm³/mol. The van der Waals surface area contributed by atoms with Crippen molar-refractivity contribution in [1.82, 2.24) is 5.32 Å².